The lowest BCUT2D eigenvalue weighted by molar-refractivity contribution is -0.128. The minimum atomic E-state index is -1.01. The first-order chi connectivity index (χ1) is 13.1. The smallest absolute Gasteiger partial charge is 0.355 e. The highest BCUT2D eigenvalue weighted by Gasteiger charge is 2.30. The second-order valence-corrected chi connectivity index (χ2v) is 9.12. The van der Waals surface area contributed by atoms with E-state index in [2.05, 4.69) is 28.7 Å². The predicted molar refractivity (Wildman–Crippen MR) is 111 cm³/mol. The van der Waals surface area contributed by atoms with Crippen molar-refractivity contribution in [3.63, 3.8) is 0 Å². The number of amides is 1. The van der Waals surface area contributed by atoms with Crippen LogP contribution in [0, 0.1) is 0 Å². The van der Waals surface area contributed by atoms with E-state index in [9.17, 15) is 9.59 Å². The van der Waals surface area contributed by atoms with Gasteiger partial charge in [-0.25, -0.2) is 9.78 Å². The molecule has 1 saturated heterocycles. The third-order valence-corrected chi connectivity index (χ3v) is 7.05. The molecule has 1 amide bonds. The van der Waals surface area contributed by atoms with Crippen molar-refractivity contribution in [1.82, 2.24) is 9.88 Å². The van der Waals surface area contributed by atoms with E-state index in [0.29, 0.717) is 18.7 Å². The fraction of sp³-hybridized carbons (Fsp3) is 0.389. The van der Waals surface area contributed by atoms with Crippen LogP contribution in [0.1, 0.15) is 23.3 Å². The van der Waals surface area contributed by atoms with E-state index in [1.807, 2.05) is 17.0 Å². The minimum Gasteiger partial charge on any atom is -0.476 e. The Kier molecular flexibility index (Phi) is 7.03. The van der Waals surface area contributed by atoms with Crippen LogP contribution < -0.4 is 5.32 Å². The van der Waals surface area contributed by atoms with Crippen molar-refractivity contribution in [2.45, 2.75) is 28.1 Å². The van der Waals surface area contributed by atoms with Gasteiger partial charge in [0, 0.05) is 47.3 Å². The number of benzene rings is 1. The maximum Gasteiger partial charge on any atom is 0.355 e. The molecule has 144 valence electrons. The fourth-order valence-corrected chi connectivity index (χ4v) is 5.20. The van der Waals surface area contributed by atoms with Crippen LogP contribution in [0.5, 0.6) is 0 Å². The van der Waals surface area contributed by atoms with E-state index in [4.69, 9.17) is 5.11 Å². The lowest BCUT2D eigenvalue weighted by atomic mass is 10.2. The zero-order valence-electron chi connectivity index (χ0n) is 14.9. The third kappa shape index (κ3) is 5.40. The fourth-order valence-electron chi connectivity index (χ4n) is 2.93. The lowest BCUT2D eigenvalue weighted by Gasteiger charge is -2.25. The van der Waals surface area contributed by atoms with Gasteiger partial charge >= 0.3 is 5.97 Å². The van der Waals surface area contributed by atoms with Crippen molar-refractivity contribution in [3.05, 3.63) is 35.3 Å². The second kappa shape index (κ2) is 9.48. The monoisotopic (exact) mass is 423 g/mol. The lowest BCUT2D eigenvalue weighted by Crippen LogP contribution is -2.39. The highest BCUT2D eigenvalue weighted by molar-refractivity contribution is 8.01. The Bertz CT molecular complexity index is 812. The first-order valence-electron chi connectivity index (χ1n) is 8.56. The molecule has 1 aliphatic heterocycles. The van der Waals surface area contributed by atoms with Gasteiger partial charge in [0.15, 0.2) is 10.0 Å². The number of thiazole rings is 1. The molecule has 1 aromatic heterocycles. The van der Waals surface area contributed by atoms with Crippen LogP contribution in [0.15, 0.2) is 38.9 Å². The average molecular weight is 424 g/mol. The number of aromatic carboxylic acids is 1. The maximum atomic E-state index is 12.2. The number of thioether (sulfide) groups is 2. The van der Waals surface area contributed by atoms with Crippen LogP contribution in [0.2, 0.25) is 0 Å². The van der Waals surface area contributed by atoms with Crippen molar-refractivity contribution in [1.29, 1.82) is 0 Å². The van der Waals surface area contributed by atoms with Crippen LogP contribution in [-0.2, 0) is 4.79 Å². The van der Waals surface area contributed by atoms with Gasteiger partial charge in [-0.3, -0.25) is 4.79 Å². The summed E-state index contributed by atoms with van der Waals surface area (Å²) in [4.78, 5) is 30.3. The number of carbonyl (C=O) groups is 2. The van der Waals surface area contributed by atoms with Crippen molar-refractivity contribution >= 4 is 52.4 Å². The van der Waals surface area contributed by atoms with Crippen molar-refractivity contribution in [2.24, 2.45) is 0 Å². The van der Waals surface area contributed by atoms with Crippen molar-refractivity contribution in [2.75, 3.05) is 30.4 Å². The highest BCUT2D eigenvalue weighted by atomic mass is 32.2. The number of carbonyl (C=O) groups excluding carboxylic acids is 1. The number of nitrogens with zero attached hydrogens (tertiary/aromatic N) is 2. The van der Waals surface area contributed by atoms with Crippen molar-refractivity contribution < 1.29 is 14.7 Å². The van der Waals surface area contributed by atoms with Gasteiger partial charge in [0.25, 0.3) is 0 Å². The van der Waals surface area contributed by atoms with E-state index in [-0.39, 0.29) is 17.6 Å². The minimum absolute atomic E-state index is 0.0781. The summed E-state index contributed by atoms with van der Waals surface area (Å²) >= 11 is 4.53. The van der Waals surface area contributed by atoms with Gasteiger partial charge in [0.05, 0.1) is 0 Å². The summed E-state index contributed by atoms with van der Waals surface area (Å²) in [6, 6.07) is 8.44. The van der Waals surface area contributed by atoms with Gasteiger partial charge < -0.3 is 15.3 Å². The van der Waals surface area contributed by atoms with E-state index < -0.39 is 5.97 Å². The normalized spacial score (nSPS) is 16.7. The summed E-state index contributed by atoms with van der Waals surface area (Å²) in [5.74, 6) is -0.119. The molecule has 1 fully saturated rings. The molecule has 0 aliphatic carbocycles. The van der Waals surface area contributed by atoms with Gasteiger partial charge in [-0.2, -0.15) is 0 Å². The molecule has 0 spiro atoms. The molecule has 2 aromatic rings. The predicted octanol–water partition coefficient (Wildman–Crippen LogP) is 3.76. The summed E-state index contributed by atoms with van der Waals surface area (Å²) in [6.07, 6.45) is 3.50. The zero-order chi connectivity index (χ0) is 19.2. The molecule has 9 heteroatoms. The van der Waals surface area contributed by atoms with Gasteiger partial charge in [-0.15, -0.1) is 23.1 Å². The number of hydrogen-bond donors (Lipinski definition) is 2. The molecular weight excluding hydrogens is 402 g/mol. The summed E-state index contributed by atoms with van der Waals surface area (Å²) < 4.78 is 0.725. The summed E-state index contributed by atoms with van der Waals surface area (Å²) in [7, 11) is 0. The van der Waals surface area contributed by atoms with Crippen LogP contribution in [0.25, 0.3) is 0 Å². The molecule has 0 radical (unpaired) electrons. The Morgan fingerprint density at radius 1 is 1.48 bits per heavy atom. The first-order valence-corrected chi connectivity index (χ1v) is 11.6. The van der Waals surface area contributed by atoms with Gasteiger partial charge in [0.2, 0.25) is 5.91 Å². The molecular formula is C18H21N3O3S3. The molecule has 2 N–H and O–H groups in total. The number of hydrogen-bond acceptors (Lipinski definition) is 7. The first kappa shape index (κ1) is 20.0. The highest BCUT2D eigenvalue weighted by Crippen LogP contribution is 2.25. The number of rotatable bonds is 9. The maximum absolute atomic E-state index is 12.2. The third-order valence-electron chi connectivity index (χ3n) is 4.32. The van der Waals surface area contributed by atoms with Crippen LogP contribution in [0.3, 0.4) is 0 Å². The molecule has 0 bridgehead atoms. The number of carboxylic acids is 1. The Morgan fingerprint density at radius 2 is 2.33 bits per heavy atom. The number of likely N-dealkylation sites (tertiary alicyclic amines) is 1. The van der Waals surface area contributed by atoms with Crippen LogP contribution in [-0.4, -0.2) is 58.0 Å². The van der Waals surface area contributed by atoms with Gasteiger partial charge in [-0.1, -0.05) is 17.8 Å². The number of nitrogens with one attached hydrogen (secondary N) is 1. The quantitative estimate of drug-likeness (QED) is 0.594. The largest absolute Gasteiger partial charge is 0.476 e. The molecule has 1 atom stereocenters. The molecule has 6 nitrogen and oxygen atoms in total. The average Bonchev–Trinajstić information content (AvgIpc) is 3.28. The van der Waals surface area contributed by atoms with E-state index in [1.165, 1.54) is 28.0 Å². The number of anilines is 1. The number of aromatic nitrogens is 1. The van der Waals surface area contributed by atoms with Gasteiger partial charge in [-0.05, 0) is 30.9 Å². The molecule has 2 heterocycles. The molecule has 0 saturated carbocycles. The van der Waals surface area contributed by atoms with Crippen molar-refractivity contribution in [3.8, 4) is 0 Å². The van der Waals surface area contributed by atoms with E-state index in [1.54, 1.807) is 17.1 Å². The zero-order valence-corrected chi connectivity index (χ0v) is 17.3. The van der Waals surface area contributed by atoms with E-state index in [0.717, 1.165) is 23.0 Å². The van der Waals surface area contributed by atoms with Crippen LogP contribution in [0.4, 0.5) is 5.69 Å². The topological polar surface area (TPSA) is 82.5 Å². The molecule has 3 rings (SSSR count). The SMILES string of the molecule is CSc1cccc(NC[C@H]2CCC(=O)N2CCSc2nc(C(=O)O)cs2)c1. The van der Waals surface area contributed by atoms with E-state index >= 15 is 0 Å². The van der Waals surface area contributed by atoms with Crippen LogP contribution >= 0.6 is 34.9 Å². The molecule has 1 aliphatic rings. The summed E-state index contributed by atoms with van der Waals surface area (Å²) in [5.41, 5.74) is 1.15. The summed E-state index contributed by atoms with van der Waals surface area (Å²) in [6.45, 7) is 1.37. The Balaban J connectivity index is 1.50. The second-order valence-electron chi connectivity index (χ2n) is 6.04. The summed E-state index contributed by atoms with van der Waals surface area (Å²) in [5, 5.41) is 13.9. The Hall–Kier alpha value is -1.71. The molecule has 27 heavy (non-hydrogen) atoms. The molecule has 0 unspecified atom stereocenters. The standard InChI is InChI=1S/C18H21N3O3S3/c1-25-14-4-2-3-12(9-14)19-10-13-5-6-16(22)21(13)7-8-26-18-20-15(11-27-18)17(23)24/h2-4,9,11,13,19H,5-8,10H2,1H3,(H,23,24)/t13-/m1/s1. The Labute approximate surface area is 170 Å². The van der Waals surface area contributed by atoms with Gasteiger partial charge in [0.1, 0.15) is 0 Å². The molecule has 1 aromatic carbocycles. The Morgan fingerprint density at radius 3 is 3.07 bits per heavy atom. The number of carboxylic acid groups (broad SMARTS) is 1.